The average Bonchev–Trinajstić information content (AvgIpc) is 2.65. The van der Waals surface area contributed by atoms with Gasteiger partial charge < -0.3 is 4.74 Å². The number of rotatable bonds is 1. The van der Waals surface area contributed by atoms with Gasteiger partial charge in [-0.25, -0.2) is 0 Å². The van der Waals surface area contributed by atoms with Crippen molar-refractivity contribution in [3.63, 3.8) is 0 Å². The summed E-state index contributed by atoms with van der Waals surface area (Å²) < 4.78 is 5.44. The maximum atomic E-state index is 12.6. The van der Waals surface area contributed by atoms with Crippen LogP contribution in [0.5, 0.6) is 5.75 Å². The fourth-order valence-electron chi connectivity index (χ4n) is 3.62. The van der Waals surface area contributed by atoms with Gasteiger partial charge in [0.2, 0.25) is 0 Å². The van der Waals surface area contributed by atoms with Gasteiger partial charge in [0.15, 0.2) is 5.78 Å². The summed E-state index contributed by atoms with van der Waals surface area (Å²) in [6.45, 7) is 1.94. The average molecular weight is 265 g/mol. The number of hydrogen-bond donors (Lipinski definition) is 0. The lowest BCUT2D eigenvalue weighted by Gasteiger charge is -2.24. The molecule has 0 N–H and O–H groups in total. The molecule has 0 spiro atoms. The number of methoxy groups -OCH3 is 1. The van der Waals surface area contributed by atoms with Crippen LogP contribution in [0.25, 0.3) is 0 Å². The quantitative estimate of drug-likeness (QED) is 0.762. The number of carbonyl (C=O) groups is 1. The fourth-order valence-corrected chi connectivity index (χ4v) is 4.02. The first kappa shape index (κ1) is 12.0. The summed E-state index contributed by atoms with van der Waals surface area (Å²) in [5.74, 6) is 1.44. The highest BCUT2D eigenvalue weighted by Gasteiger charge is 2.44. The molecule has 0 saturated heterocycles. The van der Waals surface area contributed by atoms with E-state index in [0.29, 0.717) is 5.92 Å². The van der Waals surface area contributed by atoms with Gasteiger partial charge in [-0.1, -0.05) is 24.4 Å². The van der Waals surface area contributed by atoms with E-state index in [2.05, 4.69) is 0 Å². The molecule has 0 aliphatic heterocycles. The Labute approximate surface area is 112 Å². The molecule has 2 unspecified atom stereocenters. The number of hydrogen-bond acceptors (Lipinski definition) is 2. The minimum Gasteiger partial charge on any atom is -0.496 e. The van der Waals surface area contributed by atoms with Crippen molar-refractivity contribution in [2.45, 2.75) is 38.5 Å². The van der Waals surface area contributed by atoms with Crippen LogP contribution >= 0.6 is 11.6 Å². The molecule has 1 aromatic carbocycles. The molecule has 3 rings (SSSR count). The lowest BCUT2D eigenvalue weighted by molar-refractivity contribution is 0.0895. The maximum Gasteiger partial charge on any atom is 0.170 e. The van der Waals surface area contributed by atoms with E-state index in [1.54, 1.807) is 7.11 Å². The Hall–Kier alpha value is -1.02. The molecule has 0 heterocycles. The second kappa shape index (κ2) is 4.27. The first-order chi connectivity index (χ1) is 8.65. The third-order valence-electron chi connectivity index (χ3n) is 4.38. The van der Waals surface area contributed by atoms with Crippen LogP contribution in [-0.4, -0.2) is 12.9 Å². The molecule has 2 aliphatic rings. The molecule has 1 aromatic rings. The highest BCUT2D eigenvalue weighted by atomic mass is 35.5. The standard InChI is InChI=1S/C15H17ClO2/c1-8-7-11(16)12-9-5-3-4-6-10(9)14(17)13(12)15(8)18-2/h7,9-10H,3-6H2,1-2H3. The fraction of sp³-hybridized carbons (Fsp3) is 0.533. The van der Waals surface area contributed by atoms with Gasteiger partial charge in [-0.2, -0.15) is 0 Å². The summed E-state index contributed by atoms with van der Waals surface area (Å²) in [5, 5.41) is 0.742. The third-order valence-corrected chi connectivity index (χ3v) is 4.69. The van der Waals surface area contributed by atoms with Crippen LogP contribution in [0.15, 0.2) is 6.07 Å². The number of fused-ring (bicyclic) bond motifs is 3. The van der Waals surface area contributed by atoms with E-state index in [-0.39, 0.29) is 11.7 Å². The van der Waals surface area contributed by atoms with E-state index in [4.69, 9.17) is 16.3 Å². The van der Waals surface area contributed by atoms with Gasteiger partial charge in [0.05, 0.1) is 12.7 Å². The molecule has 0 bridgehead atoms. The van der Waals surface area contributed by atoms with E-state index in [9.17, 15) is 4.79 Å². The van der Waals surface area contributed by atoms with E-state index in [1.807, 2.05) is 13.0 Å². The molecule has 0 aromatic heterocycles. The first-order valence-electron chi connectivity index (χ1n) is 6.56. The summed E-state index contributed by atoms with van der Waals surface area (Å²) >= 11 is 6.38. The molecule has 1 saturated carbocycles. The Kier molecular flexibility index (Phi) is 2.86. The van der Waals surface area contributed by atoms with Crippen LogP contribution in [0.3, 0.4) is 0 Å². The number of ether oxygens (including phenoxy) is 1. The van der Waals surface area contributed by atoms with Crippen molar-refractivity contribution in [1.29, 1.82) is 0 Å². The summed E-state index contributed by atoms with van der Waals surface area (Å²) in [6.07, 6.45) is 4.42. The minimum absolute atomic E-state index is 0.141. The van der Waals surface area contributed by atoms with Crippen molar-refractivity contribution < 1.29 is 9.53 Å². The first-order valence-corrected chi connectivity index (χ1v) is 6.94. The highest BCUT2D eigenvalue weighted by Crippen LogP contribution is 2.52. The molecule has 0 radical (unpaired) electrons. The predicted molar refractivity (Wildman–Crippen MR) is 71.8 cm³/mol. The summed E-state index contributed by atoms with van der Waals surface area (Å²) in [6, 6.07) is 1.93. The van der Waals surface area contributed by atoms with Crippen molar-refractivity contribution in [1.82, 2.24) is 0 Å². The van der Waals surface area contributed by atoms with Crippen molar-refractivity contribution in [3.05, 3.63) is 27.8 Å². The van der Waals surface area contributed by atoms with Crippen molar-refractivity contribution >= 4 is 17.4 Å². The smallest absolute Gasteiger partial charge is 0.170 e. The van der Waals surface area contributed by atoms with Crippen molar-refractivity contribution in [2.75, 3.05) is 7.11 Å². The zero-order chi connectivity index (χ0) is 12.9. The van der Waals surface area contributed by atoms with Gasteiger partial charge in [-0.05, 0) is 42.9 Å². The largest absolute Gasteiger partial charge is 0.496 e. The molecule has 96 valence electrons. The maximum absolute atomic E-state index is 12.6. The second-order valence-corrected chi connectivity index (χ2v) is 5.77. The third kappa shape index (κ3) is 1.51. The van der Waals surface area contributed by atoms with E-state index in [1.165, 1.54) is 6.42 Å². The molecule has 1 fully saturated rings. The Morgan fingerprint density at radius 3 is 2.61 bits per heavy atom. The van der Waals surface area contributed by atoms with Crippen molar-refractivity contribution in [3.8, 4) is 5.75 Å². The molecule has 2 nitrogen and oxygen atoms in total. The zero-order valence-electron chi connectivity index (χ0n) is 10.8. The number of halogens is 1. The van der Waals surface area contributed by atoms with Crippen LogP contribution in [0.2, 0.25) is 5.02 Å². The number of Topliss-reactive ketones (excluding diaryl/α,β-unsaturated/α-hetero) is 1. The number of benzene rings is 1. The lowest BCUT2D eigenvalue weighted by Crippen LogP contribution is -2.17. The van der Waals surface area contributed by atoms with Crippen LogP contribution in [0.4, 0.5) is 0 Å². The normalized spacial score (nSPS) is 25.8. The van der Waals surface area contributed by atoms with Crippen LogP contribution < -0.4 is 4.74 Å². The molecule has 18 heavy (non-hydrogen) atoms. The number of carbonyl (C=O) groups excluding carboxylic acids is 1. The number of aryl methyl sites for hydroxylation is 1. The second-order valence-electron chi connectivity index (χ2n) is 5.36. The van der Waals surface area contributed by atoms with Crippen LogP contribution in [0.1, 0.15) is 53.1 Å². The van der Waals surface area contributed by atoms with Crippen LogP contribution in [0, 0.1) is 12.8 Å². The zero-order valence-corrected chi connectivity index (χ0v) is 11.5. The van der Waals surface area contributed by atoms with E-state index >= 15 is 0 Å². The Morgan fingerprint density at radius 1 is 1.28 bits per heavy atom. The highest BCUT2D eigenvalue weighted by molar-refractivity contribution is 6.32. The Bertz CT molecular complexity index is 522. The van der Waals surface area contributed by atoms with Gasteiger partial charge >= 0.3 is 0 Å². The van der Waals surface area contributed by atoms with Crippen molar-refractivity contribution in [2.24, 2.45) is 5.92 Å². The van der Waals surface area contributed by atoms with E-state index in [0.717, 1.165) is 46.7 Å². The van der Waals surface area contributed by atoms with Gasteiger partial charge in [0.1, 0.15) is 5.75 Å². The molecular formula is C15H17ClO2. The number of ketones is 1. The van der Waals surface area contributed by atoms with E-state index < -0.39 is 0 Å². The monoisotopic (exact) mass is 264 g/mol. The molecule has 0 amide bonds. The molecule has 2 atom stereocenters. The Morgan fingerprint density at radius 2 is 1.94 bits per heavy atom. The lowest BCUT2D eigenvalue weighted by atomic mass is 9.79. The predicted octanol–water partition coefficient (Wildman–Crippen LogP) is 4.13. The molecule has 2 aliphatic carbocycles. The van der Waals surface area contributed by atoms with Gasteiger partial charge in [0.25, 0.3) is 0 Å². The van der Waals surface area contributed by atoms with Gasteiger partial charge in [-0.3, -0.25) is 4.79 Å². The topological polar surface area (TPSA) is 26.3 Å². The van der Waals surface area contributed by atoms with Gasteiger partial charge in [-0.15, -0.1) is 0 Å². The Balaban J connectivity index is 2.24. The summed E-state index contributed by atoms with van der Waals surface area (Å²) in [5.41, 5.74) is 2.77. The van der Waals surface area contributed by atoms with Gasteiger partial charge in [0, 0.05) is 10.9 Å². The van der Waals surface area contributed by atoms with Crippen LogP contribution in [-0.2, 0) is 0 Å². The summed E-state index contributed by atoms with van der Waals surface area (Å²) in [7, 11) is 1.63. The molecular weight excluding hydrogens is 248 g/mol. The molecule has 3 heteroatoms. The SMILES string of the molecule is COc1c(C)cc(Cl)c2c1C(=O)C1CCCCC21. The summed E-state index contributed by atoms with van der Waals surface area (Å²) in [4.78, 5) is 12.6. The minimum atomic E-state index is 0.141.